The van der Waals surface area contributed by atoms with E-state index in [1.165, 1.54) is 36.9 Å². The normalized spacial score (nSPS) is 11.3. The molecule has 7 nitrogen and oxygen atoms in total. The van der Waals surface area contributed by atoms with Gasteiger partial charge in [-0.05, 0) is 36.2 Å². The lowest BCUT2D eigenvalue weighted by molar-refractivity contribution is -0.137. The summed E-state index contributed by atoms with van der Waals surface area (Å²) in [7, 11) is 0. The zero-order chi connectivity index (χ0) is 20.5. The molecule has 11 heteroatoms. The summed E-state index contributed by atoms with van der Waals surface area (Å²) in [6, 6.07) is 4.84. The lowest BCUT2D eigenvalue weighted by atomic mass is 10.0. The molecule has 0 aliphatic rings. The SMILES string of the molecule is Cc1cc(Oc2cccc(C(F)(F)F)c2-c2cncnc2)nn(C(=N)Cl)c1=N. The van der Waals surface area contributed by atoms with Crippen LogP contribution in [-0.4, -0.2) is 25.0 Å². The van der Waals surface area contributed by atoms with Crippen molar-refractivity contribution in [3.63, 3.8) is 0 Å². The van der Waals surface area contributed by atoms with Gasteiger partial charge < -0.3 is 4.74 Å². The molecule has 0 aliphatic carbocycles. The van der Waals surface area contributed by atoms with E-state index in [1.54, 1.807) is 6.92 Å². The standard InChI is InChI=1S/C17H12ClF3N6O/c1-9-5-13(26-27(15(9)22)16(18)23)28-12-4-2-3-11(17(19,20)21)14(12)10-6-24-8-25-7-10/h2-8,22-23H,1H3. The predicted molar refractivity (Wildman–Crippen MR) is 94.3 cm³/mol. The highest BCUT2D eigenvalue weighted by Crippen LogP contribution is 2.42. The van der Waals surface area contributed by atoms with Crippen molar-refractivity contribution in [1.82, 2.24) is 19.7 Å². The summed E-state index contributed by atoms with van der Waals surface area (Å²) >= 11 is 5.61. The van der Waals surface area contributed by atoms with E-state index in [4.69, 9.17) is 27.2 Å². The summed E-state index contributed by atoms with van der Waals surface area (Å²) < 4.78 is 47.1. The van der Waals surface area contributed by atoms with Gasteiger partial charge in [0.25, 0.3) is 0 Å². The van der Waals surface area contributed by atoms with Crippen molar-refractivity contribution in [2.24, 2.45) is 0 Å². The number of rotatable bonds is 3. The van der Waals surface area contributed by atoms with Gasteiger partial charge in [-0.1, -0.05) is 6.07 Å². The number of ether oxygens (including phenoxy) is 1. The summed E-state index contributed by atoms with van der Waals surface area (Å²) in [5, 5.41) is 18.7. The number of benzene rings is 1. The molecule has 0 atom stereocenters. The molecule has 0 bridgehead atoms. The van der Waals surface area contributed by atoms with E-state index in [0.29, 0.717) is 5.56 Å². The Balaban J connectivity index is 2.19. The second-order valence-corrected chi connectivity index (χ2v) is 5.98. The van der Waals surface area contributed by atoms with Gasteiger partial charge in [0.05, 0.1) is 5.56 Å². The molecule has 28 heavy (non-hydrogen) atoms. The summed E-state index contributed by atoms with van der Waals surface area (Å²) in [5.41, 5.74) is -0.846. The first-order chi connectivity index (χ1) is 13.2. The van der Waals surface area contributed by atoms with Gasteiger partial charge in [-0.3, -0.25) is 10.8 Å². The number of nitrogens with zero attached hydrogens (tertiary/aromatic N) is 4. The van der Waals surface area contributed by atoms with Crippen molar-refractivity contribution in [2.45, 2.75) is 13.1 Å². The molecule has 0 amide bonds. The summed E-state index contributed by atoms with van der Waals surface area (Å²) in [4.78, 5) is 7.54. The number of alkyl halides is 3. The van der Waals surface area contributed by atoms with Crippen molar-refractivity contribution in [3.05, 3.63) is 59.6 Å². The second kappa shape index (κ2) is 7.39. The minimum atomic E-state index is -4.64. The molecule has 0 radical (unpaired) electrons. The van der Waals surface area contributed by atoms with Crippen molar-refractivity contribution < 1.29 is 17.9 Å². The lowest BCUT2D eigenvalue weighted by Crippen LogP contribution is -2.28. The Morgan fingerprint density at radius 1 is 1.21 bits per heavy atom. The van der Waals surface area contributed by atoms with Crippen molar-refractivity contribution in [3.8, 4) is 22.8 Å². The van der Waals surface area contributed by atoms with Crippen molar-refractivity contribution >= 4 is 16.9 Å². The molecule has 0 unspecified atom stereocenters. The average Bonchev–Trinajstić information content (AvgIpc) is 2.64. The van der Waals surface area contributed by atoms with Crippen LogP contribution in [0.15, 0.2) is 43.0 Å². The van der Waals surface area contributed by atoms with Gasteiger partial charge in [-0.15, -0.1) is 5.10 Å². The smallest absolute Gasteiger partial charge is 0.417 e. The Bertz CT molecular complexity index is 1100. The van der Waals surface area contributed by atoms with Gasteiger partial charge in [0.1, 0.15) is 12.1 Å². The van der Waals surface area contributed by atoms with Gasteiger partial charge >= 0.3 is 6.18 Å². The van der Waals surface area contributed by atoms with Crippen LogP contribution in [-0.2, 0) is 6.18 Å². The molecule has 144 valence electrons. The lowest BCUT2D eigenvalue weighted by Gasteiger charge is -2.17. The average molecular weight is 409 g/mol. The van der Waals surface area contributed by atoms with Crippen molar-refractivity contribution in [2.75, 3.05) is 0 Å². The third-order valence-corrected chi connectivity index (χ3v) is 3.87. The number of nitrogens with one attached hydrogen (secondary N) is 2. The van der Waals surface area contributed by atoms with Gasteiger partial charge in [0, 0.05) is 29.6 Å². The molecule has 0 saturated heterocycles. The van der Waals surface area contributed by atoms with Crippen LogP contribution in [0.3, 0.4) is 0 Å². The van der Waals surface area contributed by atoms with E-state index < -0.39 is 17.0 Å². The third kappa shape index (κ3) is 3.86. The fourth-order valence-electron chi connectivity index (χ4n) is 2.48. The molecular weight excluding hydrogens is 397 g/mol. The van der Waals surface area contributed by atoms with E-state index >= 15 is 0 Å². The molecule has 2 aromatic heterocycles. The Hall–Kier alpha value is -3.27. The fraction of sp³-hybridized carbons (Fsp3) is 0.118. The molecule has 0 spiro atoms. The summed E-state index contributed by atoms with van der Waals surface area (Å²) in [6.45, 7) is 1.56. The number of hydrogen-bond acceptors (Lipinski definition) is 6. The minimum Gasteiger partial charge on any atom is -0.437 e. The van der Waals surface area contributed by atoms with E-state index in [0.717, 1.165) is 10.7 Å². The van der Waals surface area contributed by atoms with Crippen LogP contribution in [0, 0.1) is 17.7 Å². The number of halogens is 4. The topological polar surface area (TPSA) is 101 Å². The minimum absolute atomic E-state index is 0.109. The molecule has 2 N–H and O–H groups in total. The first-order valence-corrected chi connectivity index (χ1v) is 8.09. The zero-order valence-electron chi connectivity index (χ0n) is 14.3. The quantitative estimate of drug-likeness (QED) is 0.506. The summed E-state index contributed by atoms with van der Waals surface area (Å²) in [5.74, 6) is -0.266. The van der Waals surface area contributed by atoms with Gasteiger partial charge in [-0.2, -0.15) is 17.9 Å². The zero-order valence-corrected chi connectivity index (χ0v) is 15.0. The number of hydrogen-bond donors (Lipinski definition) is 2. The second-order valence-electron chi connectivity index (χ2n) is 5.62. The molecule has 1 aromatic carbocycles. The van der Waals surface area contributed by atoms with E-state index in [1.807, 2.05) is 0 Å². The molecule has 2 heterocycles. The van der Waals surface area contributed by atoms with Crippen LogP contribution in [0.4, 0.5) is 13.2 Å². The highest BCUT2D eigenvalue weighted by Gasteiger charge is 2.35. The van der Waals surface area contributed by atoms with Crippen LogP contribution in [0.2, 0.25) is 0 Å². The number of aromatic nitrogens is 4. The first-order valence-electron chi connectivity index (χ1n) is 7.72. The highest BCUT2D eigenvalue weighted by molar-refractivity contribution is 6.64. The van der Waals surface area contributed by atoms with Gasteiger partial charge in [0.15, 0.2) is 5.49 Å². The molecule has 0 fully saturated rings. The van der Waals surface area contributed by atoms with Crippen LogP contribution in [0.1, 0.15) is 11.1 Å². The number of aryl methyl sites for hydroxylation is 1. The maximum atomic E-state index is 13.6. The van der Waals surface area contributed by atoms with Gasteiger partial charge in [-0.25, -0.2) is 9.97 Å². The first kappa shape index (κ1) is 19.5. The van der Waals surface area contributed by atoms with E-state index in [-0.39, 0.29) is 28.2 Å². The molecular formula is C17H12ClF3N6O. The maximum absolute atomic E-state index is 13.6. The van der Waals surface area contributed by atoms with E-state index in [9.17, 15) is 13.2 Å². The molecule has 3 rings (SSSR count). The maximum Gasteiger partial charge on any atom is 0.417 e. The van der Waals surface area contributed by atoms with Crippen LogP contribution in [0.5, 0.6) is 11.6 Å². The van der Waals surface area contributed by atoms with Crippen LogP contribution >= 0.6 is 11.6 Å². The Kier molecular flexibility index (Phi) is 5.14. The van der Waals surface area contributed by atoms with Gasteiger partial charge in [0.2, 0.25) is 11.2 Å². The van der Waals surface area contributed by atoms with Crippen LogP contribution in [0.25, 0.3) is 11.1 Å². The summed E-state index contributed by atoms with van der Waals surface area (Å²) in [6.07, 6.45) is -0.959. The fourth-order valence-corrected chi connectivity index (χ4v) is 2.60. The monoisotopic (exact) mass is 408 g/mol. The van der Waals surface area contributed by atoms with E-state index in [2.05, 4.69) is 15.1 Å². The Morgan fingerprint density at radius 2 is 1.89 bits per heavy atom. The third-order valence-electron chi connectivity index (χ3n) is 3.71. The molecule has 0 saturated carbocycles. The Morgan fingerprint density at radius 3 is 2.50 bits per heavy atom. The van der Waals surface area contributed by atoms with Crippen LogP contribution < -0.4 is 10.2 Å². The van der Waals surface area contributed by atoms with Crippen molar-refractivity contribution in [1.29, 1.82) is 10.8 Å². The molecule has 3 aromatic rings. The predicted octanol–water partition coefficient (Wildman–Crippen LogP) is 3.96. The highest BCUT2D eigenvalue weighted by atomic mass is 35.5. The largest absolute Gasteiger partial charge is 0.437 e. The molecule has 0 aliphatic heterocycles. The Labute approximate surface area is 161 Å².